The molecule has 2 unspecified atom stereocenters. The van der Waals surface area contributed by atoms with Crippen molar-refractivity contribution in [2.24, 2.45) is 11.8 Å². The van der Waals surface area contributed by atoms with E-state index in [2.05, 4.69) is 6.92 Å². The molecule has 1 aromatic rings. The molecule has 0 radical (unpaired) electrons. The third-order valence-corrected chi connectivity index (χ3v) is 4.10. The lowest BCUT2D eigenvalue weighted by Crippen LogP contribution is -2.38. The highest BCUT2D eigenvalue weighted by molar-refractivity contribution is 5.83. The summed E-state index contributed by atoms with van der Waals surface area (Å²) in [7, 11) is 1.66. The van der Waals surface area contributed by atoms with Crippen molar-refractivity contribution in [3.63, 3.8) is 0 Å². The second-order valence-corrected chi connectivity index (χ2v) is 5.39. The van der Waals surface area contributed by atoms with Crippen LogP contribution in [0.2, 0.25) is 0 Å². The lowest BCUT2D eigenvalue weighted by atomic mass is 9.86. The fourth-order valence-corrected chi connectivity index (χ4v) is 2.82. The maximum atomic E-state index is 11.9. The van der Waals surface area contributed by atoms with Gasteiger partial charge in [0.25, 0.3) is 0 Å². The number of ketones is 1. The van der Waals surface area contributed by atoms with Crippen molar-refractivity contribution < 1.29 is 19.0 Å². The van der Waals surface area contributed by atoms with Gasteiger partial charge < -0.3 is 14.2 Å². The zero-order valence-electron chi connectivity index (χ0n) is 13.1. The molecule has 1 fully saturated rings. The summed E-state index contributed by atoms with van der Waals surface area (Å²) in [4.78, 5) is 11.9. The van der Waals surface area contributed by atoms with E-state index in [1.54, 1.807) is 7.11 Å². The van der Waals surface area contributed by atoms with Crippen LogP contribution < -0.4 is 9.47 Å². The molecular weight excluding hydrogens is 268 g/mol. The molecule has 1 aliphatic rings. The largest absolute Gasteiger partial charge is 0.497 e. The van der Waals surface area contributed by atoms with Gasteiger partial charge in [-0.25, -0.2) is 0 Å². The smallest absolute Gasteiger partial charge is 0.162 e. The molecule has 21 heavy (non-hydrogen) atoms. The molecule has 0 aliphatic carbocycles. The first-order chi connectivity index (χ1) is 10.2. The molecule has 2 rings (SSSR count). The van der Waals surface area contributed by atoms with Gasteiger partial charge >= 0.3 is 0 Å². The maximum absolute atomic E-state index is 11.9. The Morgan fingerprint density at radius 1 is 1.33 bits per heavy atom. The Bertz CT molecular complexity index is 484. The van der Waals surface area contributed by atoms with Gasteiger partial charge in [-0.05, 0) is 36.6 Å². The molecule has 0 amide bonds. The summed E-state index contributed by atoms with van der Waals surface area (Å²) in [5.74, 6) is 2.10. The summed E-state index contributed by atoms with van der Waals surface area (Å²) in [6, 6.07) is 5.83. The molecule has 4 nitrogen and oxygen atoms in total. The van der Waals surface area contributed by atoms with Gasteiger partial charge in [-0.1, -0.05) is 13.8 Å². The number of benzene rings is 1. The molecule has 0 spiro atoms. The molecule has 0 saturated carbocycles. The fraction of sp³-hybridized carbons (Fsp3) is 0.588. The number of aryl methyl sites for hydroxylation is 1. The number of carbonyl (C=O) groups is 1. The van der Waals surface area contributed by atoms with E-state index in [0.29, 0.717) is 13.2 Å². The third kappa shape index (κ3) is 3.76. The molecule has 1 saturated heterocycles. The number of ether oxygens (including phenoxy) is 3. The monoisotopic (exact) mass is 292 g/mol. The molecule has 4 heteroatoms. The number of methoxy groups -OCH3 is 1. The topological polar surface area (TPSA) is 44.8 Å². The first-order valence-corrected chi connectivity index (χ1v) is 7.59. The highest BCUT2D eigenvalue weighted by Gasteiger charge is 2.31. The van der Waals surface area contributed by atoms with Crippen LogP contribution in [0.5, 0.6) is 11.5 Å². The van der Waals surface area contributed by atoms with Crippen LogP contribution in [0.15, 0.2) is 18.2 Å². The van der Waals surface area contributed by atoms with Gasteiger partial charge in [0.05, 0.1) is 20.3 Å². The molecule has 1 aromatic carbocycles. The molecule has 2 atom stereocenters. The zero-order chi connectivity index (χ0) is 15.2. The van der Waals surface area contributed by atoms with Gasteiger partial charge in [0.15, 0.2) is 5.78 Å². The molecule has 0 N–H and O–H groups in total. The van der Waals surface area contributed by atoms with E-state index >= 15 is 0 Å². The SMILES string of the molecule is CCc1cc(OC)ccc1OCC1COCC(=O)C1CC. The van der Waals surface area contributed by atoms with Gasteiger partial charge in [0, 0.05) is 11.8 Å². The van der Waals surface area contributed by atoms with Crippen molar-refractivity contribution in [2.75, 3.05) is 26.9 Å². The number of hydrogen-bond donors (Lipinski definition) is 0. The van der Waals surface area contributed by atoms with E-state index in [9.17, 15) is 4.79 Å². The van der Waals surface area contributed by atoms with Crippen LogP contribution in [0.1, 0.15) is 25.8 Å². The van der Waals surface area contributed by atoms with Crippen molar-refractivity contribution in [3.05, 3.63) is 23.8 Å². The maximum Gasteiger partial charge on any atom is 0.162 e. The minimum Gasteiger partial charge on any atom is -0.497 e. The summed E-state index contributed by atoms with van der Waals surface area (Å²) >= 11 is 0. The van der Waals surface area contributed by atoms with Gasteiger partial charge in [-0.2, -0.15) is 0 Å². The van der Waals surface area contributed by atoms with Crippen LogP contribution in [-0.4, -0.2) is 32.7 Å². The van der Waals surface area contributed by atoms with E-state index < -0.39 is 0 Å². The van der Waals surface area contributed by atoms with Gasteiger partial charge in [0.2, 0.25) is 0 Å². The second-order valence-electron chi connectivity index (χ2n) is 5.39. The molecule has 0 aromatic heterocycles. The van der Waals surface area contributed by atoms with Crippen molar-refractivity contribution in [1.29, 1.82) is 0 Å². The van der Waals surface area contributed by atoms with Gasteiger partial charge in [0.1, 0.15) is 18.1 Å². The van der Waals surface area contributed by atoms with E-state index in [1.807, 2.05) is 25.1 Å². The molecular formula is C17H24O4. The predicted octanol–water partition coefficient (Wildman–Crippen LogP) is 2.88. The minimum absolute atomic E-state index is 0.0575. The number of carbonyl (C=O) groups excluding carboxylic acids is 1. The Hall–Kier alpha value is -1.55. The highest BCUT2D eigenvalue weighted by atomic mass is 16.5. The van der Waals surface area contributed by atoms with E-state index in [4.69, 9.17) is 14.2 Å². The van der Waals surface area contributed by atoms with Crippen molar-refractivity contribution >= 4 is 5.78 Å². The standard InChI is InChI=1S/C17H24O4/c1-4-12-8-14(19-3)6-7-17(12)21-10-13-9-20-11-16(18)15(13)5-2/h6-8,13,15H,4-5,9-11H2,1-3H3. The van der Waals surface area contributed by atoms with Crippen LogP contribution in [0.3, 0.4) is 0 Å². The van der Waals surface area contributed by atoms with E-state index in [1.165, 1.54) is 0 Å². The molecule has 1 heterocycles. The summed E-state index contributed by atoms with van der Waals surface area (Å²) in [6.45, 7) is 5.50. The van der Waals surface area contributed by atoms with E-state index in [0.717, 1.165) is 29.9 Å². The van der Waals surface area contributed by atoms with Crippen LogP contribution in [-0.2, 0) is 16.0 Å². The van der Waals surface area contributed by atoms with Crippen molar-refractivity contribution in [2.45, 2.75) is 26.7 Å². The van der Waals surface area contributed by atoms with Crippen LogP contribution in [0, 0.1) is 11.8 Å². The average molecular weight is 292 g/mol. The lowest BCUT2D eigenvalue weighted by Gasteiger charge is -2.29. The molecule has 116 valence electrons. The van der Waals surface area contributed by atoms with Gasteiger partial charge in [-0.15, -0.1) is 0 Å². The highest BCUT2D eigenvalue weighted by Crippen LogP contribution is 2.27. The average Bonchev–Trinajstić information content (AvgIpc) is 2.52. The number of hydrogen-bond acceptors (Lipinski definition) is 4. The Morgan fingerprint density at radius 2 is 2.14 bits per heavy atom. The Morgan fingerprint density at radius 3 is 2.81 bits per heavy atom. The van der Waals surface area contributed by atoms with Crippen LogP contribution >= 0.6 is 0 Å². The quantitative estimate of drug-likeness (QED) is 0.808. The first-order valence-electron chi connectivity index (χ1n) is 7.59. The van der Waals surface area contributed by atoms with Gasteiger partial charge in [-0.3, -0.25) is 4.79 Å². The minimum atomic E-state index is 0.0575. The van der Waals surface area contributed by atoms with Crippen molar-refractivity contribution in [3.8, 4) is 11.5 Å². The lowest BCUT2D eigenvalue weighted by molar-refractivity contribution is -0.138. The van der Waals surface area contributed by atoms with Crippen molar-refractivity contribution in [1.82, 2.24) is 0 Å². The number of rotatable bonds is 6. The fourth-order valence-electron chi connectivity index (χ4n) is 2.82. The van der Waals surface area contributed by atoms with Crippen LogP contribution in [0.25, 0.3) is 0 Å². The Labute approximate surface area is 126 Å². The summed E-state index contributed by atoms with van der Waals surface area (Å²) in [6.07, 6.45) is 1.73. The summed E-state index contributed by atoms with van der Waals surface area (Å²) in [5, 5.41) is 0. The third-order valence-electron chi connectivity index (χ3n) is 4.10. The zero-order valence-corrected chi connectivity index (χ0v) is 13.1. The number of Topliss-reactive ketones (excluding diaryl/α,β-unsaturated/α-hetero) is 1. The normalized spacial score (nSPS) is 22.1. The summed E-state index contributed by atoms with van der Waals surface area (Å²) in [5.41, 5.74) is 1.12. The Kier molecular flexibility index (Phi) is 5.62. The first kappa shape index (κ1) is 15.8. The second kappa shape index (κ2) is 7.46. The summed E-state index contributed by atoms with van der Waals surface area (Å²) < 4.78 is 16.6. The predicted molar refractivity (Wildman–Crippen MR) is 81.0 cm³/mol. The van der Waals surface area contributed by atoms with E-state index in [-0.39, 0.29) is 24.2 Å². The van der Waals surface area contributed by atoms with Crippen LogP contribution in [0.4, 0.5) is 0 Å². The Balaban J connectivity index is 2.03. The molecule has 0 bridgehead atoms. The molecule has 1 aliphatic heterocycles.